The molecule has 3 rings (SSSR count). The van der Waals surface area contributed by atoms with E-state index in [1.54, 1.807) is 23.6 Å². The molecule has 0 amide bonds. The zero-order chi connectivity index (χ0) is 19.7. The first-order chi connectivity index (χ1) is 12.8. The van der Waals surface area contributed by atoms with E-state index in [9.17, 15) is 19.7 Å². The van der Waals surface area contributed by atoms with Crippen LogP contribution in [0.1, 0.15) is 19.4 Å². The third kappa shape index (κ3) is 3.21. The Bertz CT molecular complexity index is 1190. The van der Waals surface area contributed by atoms with Gasteiger partial charge in [0.2, 0.25) is 5.95 Å². The van der Waals surface area contributed by atoms with Gasteiger partial charge < -0.3 is 4.57 Å². The zero-order valence-corrected chi connectivity index (χ0v) is 14.9. The van der Waals surface area contributed by atoms with E-state index >= 15 is 0 Å². The molecule has 0 bridgehead atoms. The predicted octanol–water partition coefficient (Wildman–Crippen LogP) is 1.19. The van der Waals surface area contributed by atoms with Crippen molar-refractivity contribution in [3.8, 4) is 0 Å². The fraction of sp³-hybridized carbons (Fsp3) is 0.250. The molecule has 11 nitrogen and oxygen atoms in total. The van der Waals surface area contributed by atoms with Crippen molar-refractivity contribution in [2.24, 2.45) is 12.1 Å². The maximum Gasteiger partial charge on any atom is 0.329 e. The standard InChI is InChI=1S/C16H17N7O4/c1-4-22-12-13(21(3)16(25)18-14(12)24)17-15(22)20-19-9(2)10-6-5-7-11(8-10)23(26)27/h5-8H,4H2,1-3H3,(H,17,20)(H,18,24,25)/b19-9+. The molecule has 0 unspecified atom stereocenters. The van der Waals surface area contributed by atoms with Crippen molar-refractivity contribution < 1.29 is 4.92 Å². The van der Waals surface area contributed by atoms with Gasteiger partial charge in [0, 0.05) is 31.3 Å². The van der Waals surface area contributed by atoms with Crippen molar-refractivity contribution in [1.82, 2.24) is 19.1 Å². The normalized spacial score (nSPS) is 11.7. The first-order valence-corrected chi connectivity index (χ1v) is 8.08. The smallest absolute Gasteiger partial charge is 0.303 e. The highest BCUT2D eigenvalue weighted by molar-refractivity contribution is 5.99. The summed E-state index contributed by atoms with van der Waals surface area (Å²) in [5, 5.41) is 15.1. The fourth-order valence-electron chi connectivity index (χ4n) is 2.67. The summed E-state index contributed by atoms with van der Waals surface area (Å²) in [6, 6.07) is 6.08. The van der Waals surface area contributed by atoms with E-state index in [2.05, 4.69) is 20.5 Å². The molecule has 2 heterocycles. The van der Waals surface area contributed by atoms with E-state index in [0.717, 1.165) is 0 Å². The molecular formula is C16H17N7O4. The fourth-order valence-corrected chi connectivity index (χ4v) is 2.67. The van der Waals surface area contributed by atoms with E-state index in [4.69, 9.17) is 0 Å². The Labute approximate surface area is 152 Å². The Hall–Kier alpha value is -3.76. The number of rotatable bonds is 5. The van der Waals surface area contributed by atoms with Gasteiger partial charge in [-0.1, -0.05) is 12.1 Å². The molecule has 1 aromatic carbocycles. The molecule has 27 heavy (non-hydrogen) atoms. The summed E-state index contributed by atoms with van der Waals surface area (Å²) in [6.07, 6.45) is 0. The van der Waals surface area contributed by atoms with Gasteiger partial charge in [0.25, 0.3) is 11.2 Å². The van der Waals surface area contributed by atoms with Gasteiger partial charge in [-0.2, -0.15) is 10.1 Å². The van der Waals surface area contributed by atoms with Crippen LogP contribution in [0.15, 0.2) is 39.0 Å². The minimum absolute atomic E-state index is 0.0376. The van der Waals surface area contributed by atoms with E-state index < -0.39 is 16.2 Å². The van der Waals surface area contributed by atoms with Crippen LogP contribution in [-0.4, -0.2) is 29.7 Å². The van der Waals surface area contributed by atoms with Crippen molar-refractivity contribution in [2.75, 3.05) is 5.43 Å². The van der Waals surface area contributed by atoms with E-state index in [0.29, 0.717) is 17.8 Å². The van der Waals surface area contributed by atoms with E-state index in [1.165, 1.54) is 23.7 Å². The van der Waals surface area contributed by atoms with Crippen LogP contribution in [0, 0.1) is 10.1 Å². The van der Waals surface area contributed by atoms with Crippen LogP contribution < -0.4 is 16.7 Å². The molecule has 0 saturated carbocycles. The Balaban J connectivity index is 2.03. The average Bonchev–Trinajstić information content (AvgIpc) is 3.03. The molecule has 0 saturated heterocycles. The number of H-pyrrole nitrogens is 1. The van der Waals surface area contributed by atoms with E-state index in [-0.39, 0.29) is 22.8 Å². The molecule has 0 atom stereocenters. The topological polar surface area (TPSA) is 140 Å². The Morgan fingerprint density at radius 3 is 2.81 bits per heavy atom. The lowest BCUT2D eigenvalue weighted by molar-refractivity contribution is -0.384. The molecule has 0 fully saturated rings. The number of hydrazone groups is 1. The summed E-state index contributed by atoms with van der Waals surface area (Å²) in [5.41, 5.74) is 3.20. The highest BCUT2D eigenvalue weighted by atomic mass is 16.6. The number of imidazole rings is 1. The van der Waals surface area contributed by atoms with Crippen LogP contribution in [0.3, 0.4) is 0 Å². The lowest BCUT2D eigenvalue weighted by Gasteiger charge is -2.06. The number of nitro groups is 1. The lowest BCUT2D eigenvalue weighted by Crippen LogP contribution is -2.29. The first kappa shape index (κ1) is 18.0. The zero-order valence-electron chi connectivity index (χ0n) is 14.9. The minimum atomic E-state index is -0.559. The van der Waals surface area contributed by atoms with Gasteiger partial charge in [-0.05, 0) is 13.8 Å². The highest BCUT2D eigenvalue weighted by Gasteiger charge is 2.16. The molecule has 3 aromatic rings. The van der Waals surface area contributed by atoms with Gasteiger partial charge in [-0.15, -0.1) is 0 Å². The second-order valence-corrected chi connectivity index (χ2v) is 5.79. The van der Waals surface area contributed by atoms with Crippen molar-refractivity contribution in [3.63, 3.8) is 0 Å². The summed E-state index contributed by atoms with van der Waals surface area (Å²) in [4.78, 5) is 40.9. The Morgan fingerprint density at radius 2 is 2.15 bits per heavy atom. The number of nitrogens with zero attached hydrogens (tertiary/aromatic N) is 5. The summed E-state index contributed by atoms with van der Waals surface area (Å²) >= 11 is 0. The largest absolute Gasteiger partial charge is 0.329 e. The Kier molecular flexibility index (Phi) is 4.59. The molecule has 140 valence electrons. The van der Waals surface area contributed by atoms with Gasteiger partial charge >= 0.3 is 5.69 Å². The number of hydrogen-bond acceptors (Lipinski definition) is 7. The second kappa shape index (κ2) is 6.86. The third-order valence-corrected chi connectivity index (χ3v) is 4.12. The van der Waals surface area contributed by atoms with Crippen LogP contribution in [0.2, 0.25) is 0 Å². The van der Waals surface area contributed by atoms with E-state index in [1.807, 2.05) is 6.92 Å². The van der Waals surface area contributed by atoms with Crippen LogP contribution in [-0.2, 0) is 13.6 Å². The molecule has 0 spiro atoms. The van der Waals surface area contributed by atoms with Crippen molar-refractivity contribution in [2.45, 2.75) is 20.4 Å². The predicted molar refractivity (Wildman–Crippen MR) is 100 cm³/mol. The highest BCUT2D eigenvalue weighted by Crippen LogP contribution is 2.16. The summed E-state index contributed by atoms with van der Waals surface area (Å²) in [5.74, 6) is 0.281. The number of fused-ring (bicyclic) bond motifs is 1. The third-order valence-electron chi connectivity index (χ3n) is 4.12. The molecule has 2 N–H and O–H groups in total. The van der Waals surface area contributed by atoms with Gasteiger partial charge in [0.15, 0.2) is 11.2 Å². The molecule has 0 aliphatic heterocycles. The number of non-ortho nitro benzene ring substituents is 1. The number of hydrogen-bond donors (Lipinski definition) is 2. The number of benzene rings is 1. The van der Waals surface area contributed by atoms with Gasteiger partial charge in [-0.3, -0.25) is 24.5 Å². The number of aryl methyl sites for hydroxylation is 2. The molecule has 0 aliphatic carbocycles. The molecule has 11 heteroatoms. The SMILES string of the molecule is CCn1c(N/N=C(\C)c2cccc([N+](=O)[O-])c2)nc2c1c(=O)[nH]c(=O)n2C. The average molecular weight is 371 g/mol. The molecule has 0 aliphatic rings. The van der Waals surface area contributed by atoms with Gasteiger partial charge in [-0.25, -0.2) is 10.2 Å². The number of anilines is 1. The second-order valence-electron chi connectivity index (χ2n) is 5.79. The van der Waals surface area contributed by atoms with Crippen LogP contribution in [0.25, 0.3) is 11.2 Å². The van der Waals surface area contributed by atoms with Crippen LogP contribution >= 0.6 is 0 Å². The molecular weight excluding hydrogens is 354 g/mol. The molecule has 2 aromatic heterocycles. The molecule has 0 radical (unpaired) electrons. The maximum absolute atomic E-state index is 12.1. The maximum atomic E-state index is 12.1. The van der Waals surface area contributed by atoms with Crippen molar-refractivity contribution in [1.29, 1.82) is 0 Å². The monoisotopic (exact) mass is 371 g/mol. The quantitative estimate of drug-likeness (QED) is 0.392. The van der Waals surface area contributed by atoms with Crippen molar-refractivity contribution in [3.05, 3.63) is 60.8 Å². The Morgan fingerprint density at radius 1 is 1.41 bits per heavy atom. The number of nitrogens with one attached hydrogen (secondary N) is 2. The minimum Gasteiger partial charge on any atom is -0.303 e. The van der Waals surface area contributed by atoms with Gasteiger partial charge in [0.05, 0.1) is 10.6 Å². The summed E-state index contributed by atoms with van der Waals surface area (Å²) in [7, 11) is 1.51. The number of nitro benzene ring substituents is 1. The number of aromatic amines is 1. The van der Waals surface area contributed by atoms with Crippen LogP contribution in [0.5, 0.6) is 0 Å². The van der Waals surface area contributed by atoms with Crippen LogP contribution in [0.4, 0.5) is 11.6 Å². The van der Waals surface area contributed by atoms with Gasteiger partial charge in [0.1, 0.15) is 0 Å². The van der Waals surface area contributed by atoms with Crippen molar-refractivity contribution >= 4 is 28.5 Å². The first-order valence-electron chi connectivity index (χ1n) is 8.08. The summed E-state index contributed by atoms with van der Waals surface area (Å²) in [6.45, 7) is 3.94. The lowest BCUT2D eigenvalue weighted by atomic mass is 10.1. The summed E-state index contributed by atoms with van der Waals surface area (Å²) < 4.78 is 2.84. The number of aromatic nitrogens is 4.